The Morgan fingerprint density at radius 3 is 2.16 bits per heavy atom. The molecule has 5 heteroatoms. The maximum Gasteiger partial charge on any atom is 0.317 e. The fraction of sp³-hybridized carbons (Fsp3) is 0.714. The number of fused-ring (bicyclic) bond motifs is 1. The molecule has 5 fully saturated rings. The number of rotatable bonds is 0. The molecule has 0 amide bonds. The van der Waals surface area contributed by atoms with Crippen LogP contribution in [0.3, 0.4) is 0 Å². The molecule has 5 nitrogen and oxygen atoms in total. The van der Waals surface area contributed by atoms with E-state index >= 15 is 0 Å². The fourth-order valence-electron chi connectivity index (χ4n) is 5.07. The molecule has 0 radical (unpaired) electrons. The minimum atomic E-state index is -0.480. The van der Waals surface area contributed by atoms with Gasteiger partial charge in [-0.3, -0.25) is 19.2 Å². The largest absolute Gasteiger partial charge is 0.393 e. The van der Waals surface area contributed by atoms with E-state index in [-0.39, 0.29) is 59.9 Å². The first-order valence-electron chi connectivity index (χ1n) is 6.88. The molecule has 0 aromatic heterocycles. The van der Waals surface area contributed by atoms with Crippen LogP contribution in [0.15, 0.2) is 0 Å². The van der Waals surface area contributed by atoms with E-state index in [4.69, 9.17) is 4.74 Å². The van der Waals surface area contributed by atoms with Crippen LogP contribution in [0.25, 0.3) is 0 Å². The number of carbonyl (C=O) groups excluding carboxylic acids is 4. The third-order valence-electron chi connectivity index (χ3n) is 5.60. The highest BCUT2D eigenvalue weighted by Crippen LogP contribution is 2.59. The molecule has 6 atom stereocenters. The number of Topliss-reactive ketones (excluding diaryl/α,β-unsaturated/α-hetero) is 2. The van der Waals surface area contributed by atoms with Gasteiger partial charge in [0.1, 0.15) is 11.6 Å². The maximum atomic E-state index is 12.0. The molecule has 5 aliphatic rings. The van der Waals surface area contributed by atoms with Crippen LogP contribution in [-0.4, -0.2) is 23.5 Å². The molecule has 4 saturated carbocycles. The van der Waals surface area contributed by atoms with Crippen molar-refractivity contribution in [2.75, 3.05) is 0 Å². The Morgan fingerprint density at radius 1 is 0.789 bits per heavy atom. The summed E-state index contributed by atoms with van der Waals surface area (Å²) in [5, 5.41) is 0. The molecule has 1 heterocycles. The highest BCUT2D eigenvalue weighted by molar-refractivity contribution is 6.09. The number of hydrogen-bond acceptors (Lipinski definition) is 5. The summed E-state index contributed by atoms with van der Waals surface area (Å²) in [7, 11) is 0. The molecule has 5 rings (SSSR count). The number of ketones is 2. The zero-order chi connectivity index (χ0) is 13.3. The van der Waals surface area contributed by atoms with Gasteiger partial charge in [0, 0.05) is 18.3 Å². The van der Waals surface area contributed by atoms with Crippen molar-refractivity contribution in [2.45, 2.75) is 25.7 Å². The van der Waals surface area contributed by atoms with Crippen molar-refractivity contribution in [2.24, 2.45) is 35.5 Å². The van der Waals surface area contributed by atoms with Crippen LogP contribution < -0.4 is 0 Å². The van der Waals surface area contributed by atoms with Gasteiger partial charge in [0.05, 0.1) is 12.3 Å². The molecule has 1 aliphatic heterocycles. The molecule has 19 heavy (non-hydrogen) atoms. The summed E-state index contributed by atoms with van der Waals surface area (Å²) in [5.74, 6) is -1.93. The Kier molecular flexibility index (Phi) is 2.10. The van der Waals surface area contributed by atoms with Gasteiger partial charge in [0.2, 0.25) is 0 Å². The third-order valence-corrected chi connectivity index (χ3v) is 5.60. The van der Waals surface area contributed by atoms with Gasteiger partial charge >= 0.3 is 11.9 Å². The highest BCUT2D eigenvalue weighted by atomic mass is 16.6. The predicted octanol–water partition coefficient (Wildman–Crippen LogP) is 0.506. The van der Waals surface area contributed by atoms with E-state index in [1.165, 1.54) is 0 Å². The Labute approximate surface area is 109 Å². The number of hydrogen-bond donors (Lipinski definition) is 0. The quantitative estimate of drug-likeness (QED) is 0.469. The Balaban J connectivity index is 1.79. The molecule has 1 saturated heterocycles. The van der Waals surface area contributed by atoms with Crippen LogP contribution >= 0.6 is 0 Å². The molecule has 100 valence electrons. The highest BCUT2D eigenvalue weighted by Gasteiger charge is 2.64. The average Bonchev–Trinajstić information content (AvgIpc) is 2.66. The molecular weight excluding hydrogens is 248 g/mol. The minimum Gasteiger partial charge on any atom is -0.393 e. The molecule has 2 bridgehead atoms. The van der Waals surface area contributed by atoms with Gasteiger partial charge in [0.25, 0.3) is 0 Å². The van der Waals surface area contributed by atoms with Gasteiger partial charge in [-0.05, 0) is 30.6 Å². The number of cyclic esters (lactones) is 2. The lowest BCUT2D eigenvalue weighted by atomic mass is 9.49. The molecule has 4 aliphatic carbocycles. The lowest BCUT2D eigenvalue weighted by Crippen LogP contribution is -2.57. The summed E-state index contributed by atoms with van der Waals surface area (Å²) >= 11 is 0. The predicted molar refractivity (Wildman–Crippen MR) is 60.5 cm³/mol. The standard InChI is InChI=1S/C14H14O5/c15-8-4-9(16)13-6-2-1-5(12(8)13)7-3-10(17)19-14(18)11(6)7/h5-7,11-13H,1-4H2. The lowest BCUT2D eigenvalue weighted by Gasteiger charge is -2.53. The number of ether oxygens (including phenoxy) is 1. The average molecular weight is 262 g/mol. The van der Waals surface area contributed by atoms with Gasteiger partial charge in [-0.15, -0.1) is 0 Å². The van der Waals surface area contributed by atoms with Gasteiger partial charge in [-0.25, -0.2) is 0 Å². The van der Waals surface area contributed by atoms with Crippen molar-refractivity contribution in [3.63, 3.8) is 0 Å². The summed E-state index contributed by atoms with van der Waals surface area (Å²) in [6.07, 6.45) is 1.90. The van der Waals surface area contributed by atoms with Crippen molar-refractivity contribution in [3.05, 3.63) is 0 Å². The van der Waals surface area contributed by atoms with E-state index in [9.17, 15) is 19.2 Å². The van der Waals surface area contributed by atoms with Crippen molar-refractivity contribution >= 4 is 23.5 Å². The molecule has 6 unspecified atom stereocenters. The van der Waals surface area contributed by atoms with Crippen LogP contribution in [0, 0.1) is 35.5 Å². The van der Waals surface area contributed by atoms with Crippen LogP contribution in [-0.2, 0) is 23.9 Å². The summed E-state index contributed by atoms with van der Waals surface area (Å²) in [4.78, 5) is 47.5. The monoisotopic (exact) mass is 262 g/mol. The van der Waals surface area contributed by atoms with Crippen LogP contribution in [0.5, 0.6) is 0 Å². The van der Waals surface area contributed by atoms with Crippen LogP contribution in [0.4, 0.5) is 0 Å². The maximum absolute atomic E-state index is 12.0. The van der Waals surface area contributed by atoms with Gasteiger partial charge in [-0.1, -0.05) is 0 Å². The van der Waals surface area contributed by atoms with E-state index < -0.39 is 11.9 Å². The second kappa shape index (κ2) is 3.52. The molecular formula is C14H14O5. The smallest absolute Gasteiger partial charge is 0.317 e. The van der Waals surface area contributed by atoms with Crippen molar-refractivity contribution in [1.82, 2.24) is 0 Å². The topological polar surface area (TPSA) is 77.5 Å². The van der Waals surface area contributed by atoms with Crippen molar-refractivity contribution in [3.8, 4) is 0 Å². The van der Waals surface area contributed by atoms with E-state index in [1.807, 2.05) is 0 Å². The molecule has 0 aromatic rings. The fourth-order valence-corrected chi connectivity index (χ4v) is 5.07. The Hall–Kier alpha value is -1.52. The summed E-state index contributed by atoms with van der Waals surface area (Å²) in [5.41, 5.74) is 0. The normalized spacial score (nSPS) is 48.0. The number of carbonyl (C=O) groups is 4. The summed E-state index contributed by atoms with van der Waals surface area (Å²) in [6, 6.07) is 0. The Morgan fingerprint density at radius 2 is 1.42 bits per heavy atom. The van der Waals surface area contributed by atoms with Gasteiger partial charge in [-0.2, -0.15) is 0 Å². The van der Waals surface area contributed by atoms with E-state index in [0.29, 0.717) is 0 Å². The Bertz CT molecular complexity index is 522. The van der Waals surface area contributed by atoms with Gasteiger partial charge < -0.3 is 4.74 Å². The second-order valence-corrected chi connectivity index (χ2v) is 6.25. The first-order valence-corrected chi connectivity index (χ1v) is 6.88. The zero-order valence-corrected chi connectivity index (χ0v) is 10.3. The van der Waals surface area contributed by atoms with Crippen LogP contribution in [0.2, 0.25) is 0 Å². The van der Waals surface area contributed by atoms with Gasteiger partial charge in [0.15, 0.2) is 0 Å². The van der Waals surface area contributed by atoms with Crippen molar-refractivity contribution < 1.29 is 23.9 Å². The SMILES string of the molecule is O=C1CC2C3CCC(C2C(=O)O1)C1C(=O)CC(=O)C31. The second-order valence-electron chi connectivity index (χ2n) is 6.25. The summed E-state index contributed by atoms with van der Waals surface area (Å²) < 4.78 is 4.74. The van der Waals surface area contributed by atoms with E-state index in [2.05, 4.69) is 0 Å². The molecule has 0 spiro atoms. The molecule has 0 aromatic carbocycles. The lowest BCUT2D eigenvalue weighted by molar-refractivity contribution is -0.187. The first kappa shape index (κ1) is 11.3. The van der Waals surface area contributed by atoms with Crippen LogP contribution in [0.1, 0.15) is 25.7 Å². The molecule has 0 N–H and O–H groups in total. The van der Waals surface area contributed by atoms with E-state index in [1.54, 1.807) is 0 Å². The van der Waals surface area contributed by atoms with Crippen molar-refractivity contribution in [1.29, 1.82) is 0 Å². The summed E-state index contributed by atoms with van der Waals surface area (Å²) in [6.45, 7) is 0. The third kappa shape index (κ3) is 1.30. The number of esters is 2. The zero-order valence-electron chi connectivity index (χ0n) is 10.3. The van der Waals surface area contributed by atoms with E-state index in [0.717, 1.165) is 12.8 Å². The first-order chi connectivity index (χ1) is 9.08. The minimum absolute atomic E-state index is 0.00662.